The van der Waals surface area contributed by atoms with Gasteiger partial charge in [-0.25, -0.2) is 8.42 Å². The minimum Gasteiger partial charge on any atom is -0.298 e. The second kappa shape index (κ2) is 9.78. The SMILES string of the molecule is CC1CCC(=O)CN(S(=O)(=O)c2cc(N=O)ccc2Sc2cc(Cl)ccc2Cl)CC1. The van der Waals surface area contributed by atoms with E-state index in [1.165, 1.54) is 22.5 Å². The van der Waals surface area contributed by atoms with E-state index < -0.39 is 10.0 Å². The fraction of sp³-hybridized carbons (Fsp3) is 0.350. The highest BCUT2D eigenvalue weighted by atomic mass is 35.5. The van der Waals surface area contributed by atoms with Crippen molar-refractivity contribution in [3.63, 3.8) is 0 Å². The number of carbonyl (C=O) groups excluding carboxylic acids is 1. The predicted molar refractivity (Wildman–Crippen MR) is 119 cm³/mol. The number of nitroso groups, excluding NO2 is 1. The van der Waals surface area contributed by atoms with Crippen LogP contribution in [0.5, 0.6) is 0 Å². The molecule has 160 valence electrons. The highest BCUT2D eigenvalue weighted by Gasteiger charge is 2.31. The largest absolute Gasteiger partial charge is 0.298 e. The van der Waals surface area contributed by atoms with Crippen LogP contribution in [0.3, 0.4) is 0 Å². The molecule has 10 heteroatoms. The number of carbonyl (C=O) groups is 1. The summed E-state index contributed by atoms with van der Waals surface area (Å²) in [6.07, 6.45) is 1.76. The predicted octanol–water partition coefficient (Wildman–Crippen LogP) is 5.92. The molecular formula is C20H20Cl2N2O4S2. The van der Waals surface area contributed by atoms with Gasteiger partial charge in [-0.05, 0) is 60.3 Å². The van der Waals surface area contributed by atoms with E-state index in [4.69, 9.17) is 23.2 Å². The molecular weight excluding hydrogens is 467 g/mol. The Morgan fingerprint density at radius 2 is 1.87 bits per heavy atom. The van der Waals surface area contributed by atoms with Gasteiger partial charge in [0.25, 0.3) is 0 Å². The minimum absolute atomic E-state index is 0.0122. The molecule has 1 heterocycles. The van der Waals surface area contributed by atoms with Gasteiger partial charge in [-0.2, -0.15) is 4.31 Å². The van der Waals surface area contributed by atoms with Crippen LogP contribution in [-0.4, -0.2) is 31.6 Å². The Labute approximate surface area is 190 Å². The molecule has 0 amide bonds. The maximum Gasteiger partial charge on any atom is 0.244 e. The van der Waals surface area contributed by atoms with Crippen LogP contribution >= 0.6 is 35.0 Å². The molecule has 2 aromatic carbocycles. The Kier molecular flexibility index (Phi) is 7.57. The number of halogens is 2. The molecule has 1 fully saturated rings. The molecule has 0 aromatic heterocycles. The second-order valence-corrected chi connectivity index (χ2v) is 11.0. The van der Waals surface area contributed by atoms with Gasteiger partial charge in [0.15, 0.2) is 0 Å². The van der Waals surface area contributed by atoms with Crippen LogP contribution in [0.2, 0.25) is 10.0 Å². The molecule has 0 N–H and O–H groups in total. The van der Waals surface area contributed by atoms with E-state index in [0.717, 1.165) is 18.2 Å². The molecule has 0 aliphatic carbocycles. The zero-order valence-corrected chi connectivity index (χ0v) is 19.3. The van der Waals surface area contributed by atoms with Crippen molar-refractivity contribution in [3.8, 4) is 0 Å². The summed E-state index contributed by atoms with van der Waals surface area (Å²) in [5.74, 6) is 0.121. The van der Waals surface area contributed by atoms with Crippen molar-refractivity contribution < 1.29 is 13.2 Å². The Balaban J connectivity index is 2.04. The lowest BCUT2D eigenvalue weighted by molar-refractivity contribution is -0.120. The fourth-order valence-corrected chi connectivity index (χ4v) is 6.45. The van der Waals surface area contributed by atoms with Gasteiger partial charge in [-0.15, -0.1) is 4.91 Å². The average Bonchev–Trinajstić information content (AvgIpc) is 2.71. The summed E-state index contributed by atoms with van der Waals surface area (Å²) in [6.45, 7) is 2.05. The van der Waals surface area contributed by atoms with E-state index >= 15 is 0 Å². The topological polar surface area (TPSA) is 83.9 Å². The second-order valence-electron chi connectivity index (χ2n) is 7.21. The van der Waals surface area contributed by atoms with Gasteiger partial charge in [-0.3, -0.25) is 4.79 Å². The molecule has 3 rings (SSSR count). The molecule has 0 saturated carbocycles. The lowest BCUT2D eigenvalue weighted by Crippen LogP contribution is -2.38. The third kappa shape index (κ3) is 5.42. The van der Waals surface area contributed by atoms with Gasteiger partial charge in [0.2, 0.25) is 10.0 Å². The summed E-state index contributed by atoms with van der Waals surface area (Å²) < 4.78 is 28.2. The minimum atomic E-state index is -4.05. The number of ketones is 1. The number of Topliss-reactive ketones (excluding diaryl/α,β-unsaturated/α-hetero) is 1. The first-order valence-corrected chi connectivity index (χ1v) is 12.3. The van der Waals surface area contributed by atoms with Crippen molar-refractivity contribution >= 4 is 56.5 Å². The first kappa shape index (κ1) is 23.2. The molecule has 30 heavy (non-hydrogen) atoms. The Bertz CT molecular complexity index is 1080. The number of sulfonamides is 1. The zero-order valence-electron chi connectivity index (χ0n) is 16.2. The van der Waals surface area contributed by atoms with Crippen molar-refractivity contribution in [1.82, 2.24) is 4.31 Å². The van der Waals surface area contributed by atoms with Crippen LogP contribution in [-0.2, 0) is 14.8 Å². The number of nitrogens with zero attached hydrogens (tertiary/aromatic N) is 2. The number of hydrogen-bond donors (Lipinski definition) is 0. The fourth-order valence-electron chi connectivity index (χ4n) is 3.13. The summed E-state index contributed by atoms with van der Waals surface area (Å²) in [5.41, 5.74) is -0.0122. The van der Waals surface area contributed by atoms with Crippen molar-refractivity contribution in [2.75, 3.05) is 13.1 Å². The van der Waals surface area contributed by atoms with Crippen LogP contribution in [0.15, 0.2) is 56.3 Å². The molecule has 0 bridgehead atoms. The summed E-state index contributed by atoms with van der Waals surface area (Å²) in [4.78, 5) is 24.2. The van der Waals surface area contributed by atoms with Gasteiger partial charge >= 0.3 is 0 Å². The van der Waals surface area contributed by atoms with E-state index in [1.807, 2.05) is 6.92 Å². The first-order chi connectivity index (χ1) is 14.2. The Morgan fingerprint density at radius 3 is 2.60 bits per heavy atom. The first-order valence-electron chi connectivity index (χ1n) is 9.33. The van der Waals surface area contributed by atoms with Crippen molar-refractivity contribution in [1.29, 1.82) is 0 Å². The standard InChI is InChI=1S/C20H20Cl2N2O4S2/c1-13-2-5-16(25)12-24(9-8-13)30(27,28)20-11-15(23-26)4-7-18(20)29-19-10-14(21)3-6-17(19)22/h3-4,6-7,10-11,13H,2,5,8-9,12H2,1H3. The van der Waals surface area contributed by atoms with Gasteiger partial charge in [0.05, 0.1) is 16.5 Å². The molecule has 1 unspecified atom stereocenters. The van der Waals surface area contributed by atoms with Crippen molar-refractivity contribution in [2.24, 2.45) is 11.1 Å². The lowest BCUT2D eigenvalue weighted by atomic mass is 9.98. The van der Waals surface area contributed by atoms with E-state index in [0.29, 0.717) is 32.7 Å². The monoisotopic (exact) mass is 486 g/mol. The molecule has 6 nitrogen and oxygen atoms in total. The van der Waals surface area contributed by atoms with Gasteiger partial charge in [0, 0.05) is 27.8 Å². The maximum atomic E-state index is 13.5. The smallest absolute Gasteiger partial charge is 0.244 e. The molecule has 1 aliphatic rings. The van der Waals surface area contributed by atoms with Crippen LogP contribution < -0.4 is 0 Å². The van der Waals surface area contributed by atoms with Gasteiger partial charge in [-0.1, -0.05) is 41.9 Å². The summed E-state index contributed by atoms with van der Waals surface area (Å²) in [6, 6.07) is 9.08. The molecule has 0 spiro atoms. The Morgan fingerprint density at radius 1 is 1.10 bits per heavy atom. The number of rotatable bonds is 5. The van der Waals surface area contributed by atoms with E-state index in [9.17, 15) is 18.1 Å². The summed E-state index contributed by atoms with van der Waals surface area (Å²) in [5, 5.41) is 3.75. The van der Waals surface area contributed by atoms with Gasteiger partial charge < -0.3 is 0 Å². The lowest BCUT2D eigenvalue weighted by Gasteiger charge is -2.26. The van der Waals surface area contributed by atoms with Crippen LogP contribution in [0.25, 0.3) is 0 Å². The number of benzene rings is 2. The van der Waals surface area contributed by atoms with E-state index in [2.05, 4.69) is 5.18 Å². The summed E-state index contributed by atoms with van der Waals surface area (Å²) >= 11 is 13.4. The molecule has 1 saturated heterocycles. The third-order valence-electron chi connectivity index (χ3n) is 4.90. The van der Waals surface area contributed by atoms with Crippen LogP contribution in [0, 0.1) is 10.8 Å². The van der Waals surface area contributed by atoms with Crippen molar-refractivity contribution in [2.45, 2.75) is 40.9 Å². The van der Waals surface area contributed by atoms with E-state index in [1.54, 1.807) is 18.2 Å². The van der Waals surface area contributed by atoms with Crippen molar-refractivity contribution in [3.05, 3.63) is 51.4 Å². The Hall–Kier alpha value is -1.45. The number of hydrogen-bond acceptors (Lipinski definition) is 6. The highest BCUT2D eigenvalue weighted by molar-refractivity contribution is 8.00. The average molecular weight is 487 g/mol. The normalized spacial score (nSPS) is 18.6. The maximum absolute atomic E-state index is 13.5. The zero-order chi connectivity index (χ0) is 21.9. The van der Waals surface area contributed by atoms with Crippen LogP contribution in [0.1, 0.15) is 26.2 Å². The molecule has 1 aliphatic heterocycles. The quantitative estimate of drug-likeness (QED) is 0.489. The molecule has 1 atom stereocenters. The highest BCUT2D eigenvalue weighted by Crippen LogP contribution is 2.40. The van der Waals surface area contributed by atoms with E-state index in [-0.39, 0.29) is 35.4 Å². The third-order valence-corrected chi connectivity index (χ3v) is 8.73. The van der Waals surface area contributed by atoms with Gasteiger partial charge in [0.1, 0.15) is 11.5 Å². The summed E-state index contributed by atoms with van der Waals surface area (Å²) in [7, 11) is -4.05. The van der Waals surface area contributed by atoms with Crippen LogP contribution in [0.4, 0.5) is 5.69 Å². The molecule has 2 aromatic rings. The molecule has 0 radical (unpaired) electrons.